The maximum Gasteiger partial charge on any atom is 0.268 e. The number of hydrogen-bond acceptors (Lipinski definition) is 5. The van der Waals surface area contributed by atoms with Gasteiger partial charge in [0.15, 0.2) is 0 Å². The molecule has 4 aliphatic rings. The minimum atomic E-state index is -0.0400. The Morgan fingerprint density at radius 2 is 2.12 bits per heavy atom. The second-order valence-corrected chi connectivity index (χ2v) is 8.96. The van der Waals surface area contributed by atoms with Crippen molar-refractivity contribution in [3.05, 3.63) is 27.6 Å². The number of H-pyrrole nitrogens is 1. The molecule has 2 atom stereocenters. The summed E-state index contributed by atoms with van der Waals surface area (Å²) in [5, 5.41) is 1.91. The second kappa shape index (κ2) is 6.46. The minimum Gasteiger partial charge on any atom is -0.341 e. The van der Waals surface area contributed by atoms with Gasteiger partial charge in [-0.05, 0) is 43.0 Å². The first-order chi connectivity index (χ1) is 12.7. The SMILES string of the molecule is O=C(C1CCC1)N1C[C@@H]2CC[C@H](C1)N(Cc1nc3ccsc3c(=O)[nH]1)C2. The zero-order valence-corrected chi connectivity index (χ0v) is 15.6. The molecule has 6 nitrogen and oxygen atoms in total. The summed E-state index contributed by atoms with van der Waals surface area (Å²) >= 11 is 1.43. The lowest BCUT2D eigenvalue weighted by Gasteiger charge is -2.35. The van der Waals surface area contributed by atoms with Gasteiger partial charge < -0.3 is 9.88 Å². The van der Waals surface area contributed by atoms with Crippen LogP contribution >= 0.6 is 11.3 Å². The lowest BCUT2D eigenvalue weighted by molar-refractivity contribution is -0.138. The Labute approximate surface area is 156 Å². The molecule has 2 aromatic rings. The first kappa shape index (κ1) is 16.4. The van der Waals surface area contributed by atoms with Gasteiger partial charge in [-0.2, -0.15) is 0 Å². The van der Waals surface area contributed by atoms with Crippen LogP contribution in [0.25, 0.3) is 10.2 Å². The largest absolute Gasteiger partial charge is 0.341 e. The van der Waals surface area contributed by atoms with E-state index in [4.69, 9.17) is 0 Å². The molecule has 1 N–H and O–H groups in total. The number of aromatic amines is 1. The normalized spacial score (nSPS) is 26.8. The number of amides is 1. The summed E-state index contributed by atoms with van der Waals surface area (Å²) in [6, 6.07) is 2.29. The molecule has 1 amide bonds. The molecule has 138 valence electrons. The van der Waals surface area contributed by atoms with Crippen molar-refractivity contribution in [2.75, 3.05) is 19.6 Å². The van der Waals surface area contributed by atoms with Crippen molar-refractivity contribution in [3.8, 4) is 0 Å². The van der Waals surface area contributed by atoms with E-state index in [1.165, 1.54) is 24.2 Å². The number of fused-ring (bicyclic) bond motifs is 5. The average Bonchev–Trinajstić information content (AvgIpc) is 2.86. The fourth-order valence-corrected chi connectivity index (χ4v) is 5.38. The maximum absolute atomic E-state index is 12.7. The van der Waals surface area contributed by atoms with E-state index in [-0.39, 0.29) is 11.5 Å². The molecule has 26 heavy (non-hydrogen) atoms. The lowest BCUT2D eigenvalue weighted by Crippen LogP contribution is -2.45. The van der Waals surface area contributed by atoms with Crippen molar-refractivity contribution in [3.63, 3.8) is 0 Å². The molecule has 1 saturated carbocycles. The van der Waals surface area contributed by atoms with Crippen LogP contribution in [0, 0.1) is 11.8 Å². The first-order valence-electron chi connectivity index (χ1n) is 9.66. The number of nitrogens with one attached hydrogen (secondary N) is 1. The molecule has 6 rings (SSSR count). The van der Waals surface area contributed by atoms with Gasteiger partial charge in [-0.25, -0.2) is 4.98 Å². The van der Waals surface area contributed by atoms with Crippen molar-refractivity contribution < 1.29 is 4.79 Å². The van der Waals surface area contributed by atoms with Gasteiger partial charge in [-0.15, -0.1) is 11.3 Å². The Morgan fingerprint density at radius 1 is 1.23 bits per heavy atom. The molecule has 5 heterocycles. The van der Waals surface area contributed by atoms with Crippen LogP contribution in [0.2, 0.25) is 0 Å². The van der Waals surface area contributed by atoms with Crippen LogP contribution in [0.5, 0.6) is 0 Å². The van der Waals surface area contributed by atoms with Gasteiger partial charge in [-0.1, -0.05) is 6.42 Å². The average molecular weight is 372 g/mol. The summed E-state index contributed by atoms with van der Waals surface area (Å²) in [5.41, 5.74) is 0.747. The van der Waals surface area contributed by atoms with Gasteiger partial charge in [0.05, 0.1) is 12.1 Å². The number of aromatic nitrogens is 2. The van der Waals surface area contributed by atoms with Crippen molar-refractivity contribution in [1.29, 1.82) is 0 Å². The van der Waals surface area contributed by atoms with Crippen LogP contribution in [0.15, 0.2) is 16.2 Å². The number of nitrogens with zero attached hydrogens (tertiary/aromatic N) is 3. The summed E-state index contributed by atoms with van der Waals surface area (Å²) in [7, 11) is 0. The van der Waals surface area contributed by atoms with E-state index in [9.17, 15) is 9.59 Å². The third-order valence-corrected chi connectivity index (χ3v) is 7.21. The van der Waals surface area contributed by atoms with Crippen LogP contribution in [0.3, 0.4) is 0 Å². The number of rotatable bonds is 3. The van der Waals surface area contributed by atoms with Crippen LogP contribution in [0.1, 0.15) is 37.9 Å². The summed E-state index contributed by atoms with van der Waals surface area (Å²) < 4.78 is 0.698. The highest BCUT2D eigenvalue weighted by Gasteiger charge is 2.39. The molecule has 4 fully saturated rings. The molecule has 2 aromatic heterocycles. The molecule has 0 spiro atoms. The van der Waals surface area contributed by atoms with Crippen molar-refractivity contribution in [1.82, 2.24) is 19.8 Å². The molecule has 0 radical (unpaired) electrons. The highest BCUT2D eigenvalue weighted by Crippen LogP contribution is 2.33. The van der Waals surface area contributed by atoms with E-state index >= 15 is 0 Å². The highest BCUT2D eigenvalue weighted by molar-refractivity contribution is 7.17. The summed E-state index contributed by atoms with van der Waals surface area (Å²) in [6.07, 6.45) is 5.67. The van der Waals surface area contributed by atoms with E-state index in [0.29, 0.717) is 29.1 Å². The molecule has 0 aromatic carbocycles. The van der Waals surface area contributed by atoms with Gasteiger partial charge in [-0.3, -0.25) is 14.5 Å². The third kappa shape index (κ3) is 2.87. The van der Waals surface area contributed by atoms with E-state index in [2.05, 4.69) is 19.8 Å². The van der Waals surface area contributed by atoms with Crippen LogP contribution in [0.4, 0.5) is 0 Å². The molecular formula is C19H24N4O2S. The van der Waals surface area contributed by atoms with Gasteiger partial charge >= 0.3 is 0 Å². The predicted octanol–water partition coefficient (Wildman–Crippen LogP) is 2.21. The van der Waals surface area contributed by atoms with E-state index in [0.717, 1.165) is 50.2 Å². The van der Waals surface area contributed by atoms with E-state index in [1.807, 2.05) is 11.4 Å². The van der Waals surface area contributed by atoms with Gasteiger partial charge in [0.25, 0.3) is 5.56 Å². The standard InChI is InChI=1S/C19H24N4O2S/c24-18-17-15(6-7-26-17)20-16(21-18)11-22-8-12-4-5-14(22)10-23(9-12)19(25)13-2-1-3-13/h6-7,12-14H,1-5,8-11H2,(H,20,21,24)/t12-,14-/m1/s1. The van der Waals surface area contributed by atoms with Crippen LogP contribution in [-0.4, -0.2) is 51.4 Å². The number of hydrogen-bond donors (Lipinski definition) is 1. The molecule has 1 aliphatic carbocycles. The Hall–Kier alpha value is -1.73. The van der Waals surface area contributed by atoms with Gasteiger partial charge in [0, 0.05) is 31.6 Å². The molecule has 3 aliphatic heterocycles. The summed E-state index contributed by atoms with van der Waals surface area (Å²) in [6.45, 7) is 3.38. The summed E-state index contributed by atoms with van der Waals surface area (Å²) in [5.74, 6) is 1.93. The third-order valence-electron chi connectivity index (χ3n) is 6.31. The Kier molecular flexibility index (Phi) is 4.09. The van der Waals surface area contributed by atoms with Crippen molar-refractivity contribution in [2.45, 2.75) is 44.7 Å². The maximum atomic E-state index is 12.7. The highest BCUT2D eigenvalue weighted by atomic mass is 32.1. The second-order valence-electron chi connectivity index (χ2n) is 8.05. The molecule has 7 heteroatoms. The van der Waals surface area contributed by atoms with E-state index in [1.54, 1.807) is 0 Å². The van der Waals surface area contributed by atoms with Gasteiger partial charge in [0.1, 0.15) is 10.5 Å². The van der Waals surface area contributed by atoms with Crippen LogP contribution < -0.4 is 5.56 Å². The number of thiophene rings is 1. The fraction of sp³-hybridized carbons (Fsp3) is 0.632. The summed E-state index contributed by atoms with van der Waals surface area (Å²) in [4.78, 5) is 37.1. The minimum absolute atomic E-state index is 0.0400. The van der Waals surface area contributed by atoms with Crippen LogP contribution in [-0.2, 0) is 11.3 Å². The number of piperidine rings is 1. The molecular weight excluding hydrogens is 348 g/mol. The topological polar surface area (TPSA) is 69.3 Å². The van der Waals surface area contributed by atoms with Gasteiger partial charge in [0.2, 0.25) is 5.91 Å². The van der Waals surface area contributed by atoms with Crippen molar-refractivity contribution in [2.24, 2.45) is 11.8 Å². The van der Waals surface area contributed by atoms with Crippen molar-refractivity contribution >= 4 is 27.5 Å². The quantitative estimate of drug-likeness (QED) is 0.897. The molecule has 2 bridgehead atoms. The smallest absolute Gasteiger partial charge is 0.268 e. The molecule has 0 unspecified atom stereocenters. The monoisotopic (exact) mass is 372 g/mol. The zero-order chi connectivity index (χ0) is 17.7. The first-order valence-corrected chi connectivity index (χ1v) is 10.5. The Morgan fingerprint density at radius 3 is 2.92 bits per heavy atom. The molecule has 3 saturated heterocycles. The Bertz CT molecular complexity index is 887. The number of carbonyl (C=O) groups excluding carboxylic acids is 1. The number of carbonyl (C=O) groups is 1. The Balaban J connectivity index is 1.35. The zero-order valence-electron chi connectivity index (χ0n) is 14.8. The fourth-order valence-electron chi connectivity index (χ4n) is 4.65. The predicted molar refractivity (Wildman–Crippen MR) is 101 cm³/mol. The lowest BCUT2D eigenvalue weighted by atomic mass is 9.84. The van der Waals surface area contributed by atoms with E-state index < -0.39 is 0 Å².